The smallest absolute Gasteiger partial charge is 0.152 e. The summed E-state index contributed by atoms with van der Waals surface area (Å²) in [5.74, 6) is 0.307. The summed E-state index contributed by atoms with van der Waals surface area (Å²) in [6.07, 6.45) is 2.29. The maximum Gasteiger partial charge on any atom is 0.152 e. The number of nitrogens with zero attached hydrogens (tertiary/aromatic N) is 3. The van der Waals surface area contributed by atoms with Crippen LogP contribution in [0, 0.1) is 5.41 Å². The Hall–Kier alpha value is -2.66. The Morgan fingerprint density at radius 1 is 0.933 bits per heavy atom. The van der Waals surface area contributed by atoms with Gasteiger partial charge in [0.15, 0.2) is 5.84 Å². The number of amidine groups is 1. The zero-order chi connectivity index (χ0) is 21.3. The molecule has 1 fully saturated rings. The third-order valence-electron chi connectivity index (χ3n) is 5.54. The van der Waals surface area contributed by atoms with Crippen LogP contribution < -0.4 is 15.1 Å². The third-order valence-corrected chi connectivity index (χ3v) is 5.54. The summed E-state index contributed by atoms with van der Waals surface area (Å²) < 4.78 is 0. The molecular formula is C25H35N5. The molecule has 0 bridgehead atoms. The minimum Gasteiger partial charge on any atom is -0.372 e. The van der Waals surface area contributed by atoms with E-state index in [1.54, 1.807) is 0 Å². The molecule has 5 heteroatoms. The van der Waals surface area contributed by atoms with Crippen LogP contribution in [-0.2, 0) is 0 Å². The van der Waals surface area contributed by atoms with Crippen molar-refractivity contribution in [2.75, 3.05) is 49.1 Å². The van der Waals surface area contributed by atoms with Crippen molar-refractivity contribution in [1.82, 2.24) is 5.32 Å². The average molecular weight is 406 g/mol. The molecule has 1 aliphatic rings. The Bertz CT molecular complexity index is 827. The summed E-state index contributed by atoms with van der Waals surface area (Å²) in [4.78, 5) is 9.37. The fourth-order valence-electron chi connectivity index (χ4n) is 3.87. The highest BCUT2D eigenvalue weighted by Crippen LogP contribution is 2.18. The van der Waals surface area contributed by atoms with E-state index in [0.29, 0.717) is 5.84 Å². The van der Waals surface area contributed by atoms with E-state index in [9.17, 15) is 0 Å². The lowest BCUT2D eigenvalue weighted by atomic mass is 10.1. The number of piperazine rings is 1. The highest BCUT2D eigenvalue weighted by Gasteiger charge is 2.11. The Kier molecular flexibility index (Phi) is 8.03. The van der Waals surface area contributed by atoms with Crippen molar-refractivity contribution in [2.24, 2.45) is 4.99 Å². The SMILES string of the molecule is CCCN(CCC)c1ccc(/C(C)=N/C(=N)c2ccc(N3CCNCC3)cc2)cc1. The number of aliphatic imine (C=N–C) groups is 1. The van der Waals surface area contributed by atoms with E-state index in [2.05, 4.69) is 70.4 Å². The number of anilines is 2. The normalized spacial score (nSPS) is 14.6. The van der Waals surface area contributed by atoms with Crippen molar-refractivity contribution in [1.29, 1.82) is 5.41 Å². The van der Waals surface area contributed by atoms with Gasteiger partial charge in [0.2, 0.25) is 0 Å². The van der Waals surface area contributed by atoms with Crippen LogP contribution in [0.1, 0.15) is 44.7 Å². The van der Waals surface area contributed by atoms with Gasteiger partial charge in [0.25, 0.3) is 0 Å². The molecular weight excluding hydrogens is 370 g/mol. The lowest BCUT2D eigenvalue weighted by molar-refractivity contribution is 0.589. The van der Waals surface area contributed by atoms with Crippen LogP contribution in [0.25, 0.3) is 0 Å². The van der Waals surface area contributed by atoms with Crippen LogP contribution in [0.15, 0.2) is 53.5 Å². The second-order valence-electron chi connectivity index (χ2n) is 7.86. The lowest BCUT2D eigenvalue weighted by Gasteiger charge is -2.29. The van der Waals surface area contributed by atoms with Gasteiger partial charge in [0.05, 0.1) is 0 Å². The second-order valence-corrected chi connectivity index (χ2v) is 7.86. The summed E-state index contributed by atoms with van der Waals surface area (Å²) in [6.45, 7) is 12.7. The second kappa shape index (κ2) is 10.9. The van der Waals surface area contributed by atoms with Crippen molar-refractivity contribution >= 4 is 22.9 Å². The molecule has 2 aromatic carbocycles. The summed E-state index contributed by atoms with van der Waals surface area (Å²) in [7, 11) is 0. The van der Waals surface area contributed by atoms with Crippen LogP contribution in [0.5, 0.6) is 0 Å². The molecule has 0 aromatic heterocycles. The molecule has 0 unspecified atom stereocenters. The third kappa shape index (κ3) is 5.70. The van der Waals surface area contributed by atoms with E-state index >= 15 is 0 Å². The molecule has 2 N–H and O–H groups in total. The van der Waals surface area contributed by atoms with Crippen LogP contribution in [0.4, 0.5) is 11.4 Å². The predicted octanol–water partition coefficient (Wildman–Crippen LogP) is 4.56. The highest BCUT2D eigenvalue weighted by atomic mass is 15.2. The Morgan fingerprint density at radius 2 is 1.50 bits per heavy atom. The molecule has 1 aliphatic heterocycles. The monoisotopic (exact) mass is 405 g/mol. The minimum absolute atomic E-state index is 0.307. The Labute approximate surface area is 181 Å². The molecule has 0 aliphatic carbocycles. The first-order valence-corrected chi connectivity index (χ1v) is 11.2. The van der Waals surface area contributed by atoms with Gasteiger partial charge in [-0.3, -0.25) is 5.41 Å². The molecule has 0 atom stereocenters. The van der Waals surface area contributed by atoms with E-state index < -0.39 is 0 Å². The van der Waals surface area contributed by atoms with E-state index in [-0.39, 0.29) is 0 Å². The van der Waals surface area contributed by atoms with Crippen LogP contribution in [0.2, 0.25) is 0 Å². The molecule has 160 valence electrons. The van der Waals surface area contributed by atoms with E-state index in [1.165, 1.54) is 11.4 Å². The van der Waals surface area contributed by atoms with Crippen LogP contribution in [0.3, 0.4) is 0 Å². The number of rotatable bonds is 8. The molecule has 0 spiro atoms. The van der Waals surface area contributed by atoms with Gasteiger partial charge in [-0.2, -0.15) is 0 Å². The average Bonchev–Trinajstić information content (AvgIpc) is 2.79. The van der Waals surface area contributed by atoms with E-state index in [1.807, 2.05) is 19.1 Å². The molecule has 0 saturated carbocycles. The van der Waals surface area contributed by atoms with Crippen LogP contribution in [-0.4, -0.2) is 50.8 Å². The highest BCUT2D eigenvalue weighted by molar-refractivity contribution is 6.10. The lowest BCUT2D eigenvalue weighted by Crippen LogP contribution is -2.43. The molecule has 5 nitrogen and oxygen atoms in total. The molecule has 1 heterocycles. The molecule has 1 saturated heterocycles. The van der Waals surface area contributed by atoms with Gasteiger partial charge < -0.3 is 15.1 Å². The molecule has 30 heavy (non-hydrogen) atoms. The molecule has 2 aromatic rings. The van der Waals surface area contributed by atoms with Gasteiger partial charge in [-0.25, -0.2) is 4.99 Å². The minimum atomic E-state index is 0.307. The zero-order valence-electron chi connectivity index (χ0n) is 18.6. The van der Waals surface area contributed by atoms with Gasteiger partial charge in [-0.15, -0.1) is 0 Å². The van der Waals surface area contributed by atoms with Crippen molar-refractivity contribution < 1.29 is 0 Å². The summed E-state index contributed by atoms with van der Waals surface area (Å²) in [5, 5.41) is 11.8. The van der Waals surface area contributed by atoms with Crippen molar-refractivity contribution in [3.63, 3.8) is 0 Å². The molecule has 0 amide bonds. The number of nitrogens with one attached hydrogen (secondary N) is 2. The zero-order valence-corrected chi connectivity index (χ0v) is 18.6. The first-order chi connectivity index (χ1) is 14.6. The topological polar surface area (TPSA) is 54.7 Å². The van der Waals surface area contributed by atoms with Crippen molar-refractivity contribution in [3.8, 4) is 0 Å². The summed E-state index contributed by atoms with van der Waals surface area (Å²) in [6, 6.07) is 16.8. The van der Waals surface area contributed by atoms with Gasteiger partial charge in [-0.1, -0.05) is 26.0 Å². The maximum absolute atomic E-state index is 8.42. The molecule has 0 radical (unpaired) electrons. The number of hydrogen-bond donors (Lipinski definition) is 2. The quantitative estimate of drug-likeness (QED) is 0.500. The fourth-order valence-corrected chi connectivity index (χ4v) is 3.87. The van der Waals surface area contributed by atoms with Gasteiger partial charge in [0.1, 0.15) is 0 Å². The maximum atomic E-state index is 8.42. The Morgan fingerprint density at radius 3 is 2.07 bits per heavy atom. The fraction of sp³-hybridized carbons (Fsp3) is 0.440. The Balaban J connectivity index is 1.67. The van der Waals surface area contributed by atoms with E-state index in [4.69, 9.17) is 5.41 Å². The van der Waals surface area contributed by atoms with Gasteiger partial charge >= 0.3 is 0 Å². The standard InChI is InChI=1S/C25H35N5/c1-4-16-29(17-5-2)23-10-6-21(7-11-23)20(3)28-25(26)22-8-12-24(13-9-22)30-18-14-27-15-19-30/h6-13,26-27H,4-5,14-19H2,1-3H3/b26-25?,28-20+. The number of hydrogen-bond acceptors (Lipinski definition) is 4. The van der Waals surface area contributed by atoms with Crippen molar-refractivity contribution in [2.45, 2.75) is 33.6 Å². The first kappa shape index (κ1) is 22.0. The first-order valence-electron chi connectivity index (χ1n) is 11.2. The van der Waals surface area contributed by atoms with Crippen molar-refractivity contribution in [3.05, 3.63) is 59.7 Å². The summed E-state index contributed by atoms with van der Waals surface area (Å²) >= 11 is 0. The number of benzene rings is 2. The largest absolute Gasteiger partial charge is 0.372 e. The van der Waals surface area contributed by atoms with E-state index in [0.717, 1.165) is 68.9 Å². The van der Waals surface area contributed by atoms with Gasteiger partial charge in [0, 0.05) is 61.9 Å². The van der Waals surface area contributed by atoms with Crippen LogP contribution >= 0.6 is 0 Å². The summed E-state index contributed by atoms with van der Waals surface area (Å²) in [5.41, 5.74) is 5.26. The molecule has 3 rings (SSSR count). The van der Waals surface area contributed by atoms with Gasteiger partial charge in [-0.05, 0) is 61.7 Å². The predicted molar refractivity (Wildman–Crippen MR) is 130 cm³/mol.